The van der Waals surface area contributed by atoms with Gasteiger partial charge in [0.15, 0.2) is 0 Å². The first-order chi connectivity index (χ1) is 9.56. The van der Waals surface area contributed by atoms with Crippen LogP contribution in [0.25, 0.3) is 0 Å². The lowest BCUT2D eigenvalue weighted by Gasteiger charge is -2.23. The van der Waals surface area contributed by atoms with Gasteiger partial charge in [0.05, 0.1) is 6.10 Å². The summed E-state index contributed by atoms with van der Waals surface area (Å²) in [6.45, 7) is 8.32. The van der Waals surface area contributed by atoms with Crippen LogP contribution < -0.4 is 5.32 Å². The first-order valence-corrected chi connectivity index (χ1v) is 7.34. The third kappa shape index (κ3) is 5.72. The van der Waals surface area contributed by atoms with Gasteiger partial charge in [0.25, 0.3) is 0 Å². The standard InChI is InChI=1S/C16H26N2O2/c1-4-6-10-18(5-2)12-16(20)14-8-7-9-15(11-14)17-13(3)19/h7-9,11,16,20H,4-6,10,12H2,1-3H3,(H,17,19). The Kier molecular flexibility index (Phi) is 7.26. The maximum absolute atomic E-state index is 11.1. The molecule has 0 heterocycles. The summed E-state index contributed by atoms with van der Waals surface area (Å²) in [5.41, 5.74) is 1.57. The topological polar surface area (TPSA) is 52.6 Å². The van der Waals surface area contributed by atoms with Crippen LogP contribution in [0.2, 0.25) is 0 Å². The Balaban J connectivity index is 2.65. The first-order valence-electron chi connectivity index (χ1n) is 7.34. The zero-order valence-electron chi connectivity index (χ0n) is 12.7. The highest BCUT2D eigenvalue weighted by molar-refractivity contribution is 5.88. The fourth-order valence-corrected chi connectivity index (χ4v) is 2.14. The van der Waals surface area contributed by atoms with E-state index in [0.717, 1.165) is 37.2 Å². The number of nitrogens with zero attached hydrogens (tertiary/aromatic N) is 1. The number of carbonyl (C=O) groups excluding carboxylic acids is 1. The number of unbranched alkanes of at least 4 members (excludes halogenated alkanes) is 1. The molecule has 0 fully saturated rings. The van der Waals surface area contributed by atoms with E-state index in [-0.39, 0.29) is 5.91 Å². The molecule has 0 bridgehead atoms. The molecule has 4 heteroatoms. The molecule has 2 N–H and O–H groups in total. The van der Waals surface area contributed by atoms with E-state index in [0.29, 0.717) is 6.54 Å². The molecule has 0 radical (unpaired) electrons. The Morgan fingerprint density at radius 1 is 1.40 bits per heavy atom. The molecule has 1 unspecified atom stereocenters. The molecular weight excluding hydrogens is 252 g/mol. The van der Waals surface area contributed by atoms with Crippen molar-refractivity contribution in [3.05, 3.63) is 29.8 Å². The normalized spacial score (nSPS) is 12.4. The van der Waals surface area contributed by atoms with Crippen molar-refractivity contribution >= 4 is 11.6 Å². The zero-order valence-corrected chi connectivity index (χ0v) is 12.7. The van der Waals surface area contributed by atoms with Crippen LogP contribution in [-0.2, 0) is 4.79 Å². The highest BCUT2D eigenvalue weighted by Crippen LogP contribution is 2.19. The molecule has 0 aromatic heterocycles. The van der Waals surface area contributed by atoms with Gasteiger partial charge in [-0.1, -0.05) is 32.4 Å². The molecule has 0 aliphatic rings. The fraction of sp³-hybridized carbons (Fsp3) is 0.562. The van der Waals surface area contributed by atoms with Crippen LogP contribution in [0.3, 0.4) is 0 Å². The number of aliphatic hydroxyl groups is 1. The first kappa shape index (κ1) is 16.7. The van der Waals surface area contributed by atoms with E-state index in [1.165, 1.54) is 6.92 Å². The minimum absolute atomic E-state index is 0.102. The Morgan fingerprint density at radius 3 is 2.75 bits per heavy atom. The van der Waals surface area contributed by atoms with E-state index >= 15 is 0 Å². The molecule has 4 nitrogen and oxygen atoms in total. The Bertz CT molecular complexity index is 421. The molecule has 112 valence electrons. The molecule has 1 atom stereocenters. The minimum atomic E-state index is -0.527. The molecule has 0 aliphatic carbocycles. The summed E-state index contributed by atoms with van der Waals surface area (Å²) in [5.74, 6) is -0.102. The molecule has 0 aliphatic heterocycles. The Morgan fingerprint density at radius 2 is 2.15 bits per heavy atom. The number of amides is 1. The zero-order chi connectivity index (χ0) is 15.0. The van der Waals surface area contributed by atoms with Crippen molar-refractivity contribution in [3.63, 3.8) is 0 Å². The Hall–Kier alpha value is -1.39. The van der Waals surface area contributed by atoms with Gasteiger partial charge in [-0.2, -0.15) is 0 Å². The lowest BCUT2D eigenvalue weighted by atomic mass is 10.1. The molecule has 1 amide bonds. The molecule has 0 spiro atoms. The van der Waals surface area contributed by atoms with E-state index < -0.39 is 6.10 Å². The highest BCUT2D eigenvalue weighted by Gasteiger charge is 2.12. The van der Waals surface area contributed by atoms with E-state index in [2.05, 4.69) is 24.1 Å². The third-order valence-corrected chi connectivity index (χ3v) is 3.30. The summed E-state index contributed by atoms with van der Waals surface area (Å²) in [6.07, 6.45) is 1.78. The number of benzene rings is 1. The van der Waals surface area contributed by atoms with Gasteiger partial charge in [-0.3, -0.25) is 4.79 Å². The van der Waals surface area contributed by atoms with E-state index in [9.17, 15) is 9.90 Å². The van der Waals surface area contributed by atoms with Gasteiger partial charge >= 0.3 is 0 Å². The van der Waals surface area contributed by atoms with Crippen molar-refractivity contribution in [2.75, 3.05) is 25.0 Å². The van der Waals surface area contributed by atoms with Crippen LogP contribution in [-0.4, -0.2) is 35.5 Å². The van der Waals surface area contributed by atoms with Crippen LogP contribution in [0.5, 0.6) is 0 Å². The van der Waals surface area contributed by atoms with Crippen LogP contribution in [0.1, 0.15) is 45.3 Å². The van der Waals surface area contributed by atoms with Gasteiger partial charge in [0, 0.05) is 19.2 Å². The monoisotopic (exact) mass is 278 g/mol. The number of hydrogen-bond acceptors (Lipinski definition) is 3. The van der Waals surface area contributed by atoms with Crippen molar-refractivity contribution in [2.45, 2.75) is 39.7 Å². The predicted molar refractivity (Wildman–Crippen MR) is 82.7 cm³/mol. The SMILES string of the molecule is CCCCN(CC)CC(O)c1cccc(NC(C)=O)c1. The smallest absolute Gasteiger partial charge is 0.221 e. The number of anilines is 1. The quantitative estimate of drug-likeness (QED) is 0.769. The van der Waals surface area contributed by atoms with Crippen LogP contribution in [0.15, 0.2) is 24.3 Å². The van der Waals surface area contributed by atoms with Gasteiger partial charge < -0.3 is 15.3 Å². The summed E-state index contributed by atoms with van der Waals surface area (Å²) in [5, 5.41) is 13.1. The van der Waals surface area contributed by atoms with Crippen molar-refractivity contribution in [1.29, 1.82) is 0 Å². The minimum Gasteiger partial charge on any atom is -0.387 e. The second-order valence-electron chi connectivity index (χ2n) is 5.07. The number of likely N-dealkylation sites (N-methyl/N-ethyl adjacent to an activating group) is 1. The summed E-state index contributed by atoms with van der Waals surface area (Å²) in [4.78, 5) is 13.3. The molecule has 20 heavy (non-hydrogen) atoms. The van der Waals surface area contributed by atoms with Crippen LogP contribution in [0.4, 0.5) is 5.69 Å². The van der Waals surface area contributed by atoms with Crippen LogP contribution in [0, 0.1) is 0 Å². The van der Waals surface area contributed by atoms with Crippen molar-refractivity contribution in [2.24, 2.45) is 0 Å². The Labute approximate surface area is 121 Å². The number of rotatable bonds is 8. The summed E-state index contributed by atoms with van der Waals surface area (Å²) >= 11 is 0. The lowest BCUT2D eigenvalue weighted by molar-refractivity contribution is -0.114. The largest absolute Gasteiger partial charge is 0.387 e. The number of nitrogens with one attached hydrogen (secondary N) is 1. The summed E-state index contributed by atoms with van der Waals surface area (Å²) in [7, 11) is 0. The summed E-state index contributed by atoms with van der Waals surface area (Å²) < 4.78 is 0. The second-order valence-corrected chi connectivity index (χ2v) is 5.07. The molecule has 0 saturated carbocycles. The molecule has 1 rings (SSSR count). The molecular formula is C16H26N2O2. The van der Waals surface area contributed by atoms with Gasteiger partial charge in [-0.05, 0) is 37.2 Å². The molecule has 0 saturated heterocycles. The maximum atomic E-state index is 11.1. The van der Waals surface area contributed by atoms with Crippen LogP contribution >= 0.6 is 0 Å². The van der Waals surface area contributed by atoms with Crippen molar-refractivity contribution in [1.82, 2.24) is 4.90 Å². The lowest BCUT2D eigenvalue weighted by Crippen LogP contribution is -2.29. The van der Waals surface area contributed by atoms with E-state index in [1.807, 2.05) is 24.3 Å². The van der Waals surface area contributed by atoms with Crippen molar-refractivity contribution < 1.29 is 9.90 Å². The molecule has 1 aromatic rings. The maximum Gasteiger partial charge on any atom is 0.221 e. The average Bonchev–Trinajstić information content (AvgIpc) is 2.42. The number of carbonyl (C=O) groups is 1. The predicted octanol–water partition coefficient (Wildman–Crippen LogP) is 2.80. The fourth-order valence-electron chi connectivity index (χ4n) is 2.14. The third-order valence-electron chi connectivity index (χ3n) is 3.30. The van der Waals surface area contributed by atoms with Gasteiger partial charge in [0.2, 0.25) is 5.91 Å². The van der Waals surface area contributed by atoms with Crippen molar-refractivity contribution in [3.8, 4) is 0 Å². The summed E-state index contributed by atoms with van der Waals surface area (Å²) in [6, 6.07) is 7.40. The van der Waals surface area contributed by atoms with E-state index in [4.69, 9.17) is 0 Å². The van der Waals surface area contributed by atoms with Gasteiger partial charge in [-0.15, -0.1) is 0 Å². The number of hydrogen-bond donors (Lipinski definition) is 2. The number of aliphatic hydroxyl groups excluding tert-OH is 1. The van der Waals surface area contributed by atoms with E-state index in [1.54, 1.807) is 0 Å². The molecule has 1 aromatic carbocycles. The van der Waals surface area contributed by atoms with Gasteiger partial charge in [-0.25, -0.2) is 0 Å². The highest BCUT2D eigenvalue weighted by atomic mass is 16.3. The average molecular weight is 278 g/mol. The van der Waals surface area contributed by atoms with Gasteiger partial charge in [0.1, 0.15) is 0 Å². The second kappa shape index (κ2) is 8.72.